The van der Waals surface area contributed by atoms with Crippen molar-refractivity contribution in [1.29, 1.82) is 0 Å². The summed E-state index contributed by atoms with van der Waals surface area (Å²) in [5, 5.41) is 10.3. The maximum Gasteiger partial charge on any atom is 0.230 e. The molecule has 0 spiro atoms. The Morgan fingerprint density at radius 3 is 2.67 bits per heavy atom. The standard InChI is InChI=1S/C24H28FN5O2S/c1-32-18-11-9-17(10-12-18)21(30-13-5-2-6-14-30)15-26-22(31)16-33-24-27-23(28-29-24)19-7-3-4-8-20(19)25/h3-4,7-12,21H,2,5-6,13-16H2,1H3,(H,26,31)(H,27,28,29). The molecule has 1 amide bonds. The second-order valence-corrected chi connectivity index (χ2v) is 8.87. The van der Waals surface area contributed by atoms with Crippen molar-refractivity contribution in [3.05, 3.63) is 59.9 Å². The smallest absolute Gasteiger partial charge is 0.230 e. The first-order valence-corrected chi connectivity index (χ1v) is 12.1. The first kappa shape index (κ1) is 23.3. The van der Waals surface area contributed by atoms with Crippen LogP contribution in [-0.2, 0) is 4.79 Å². The molecule has 7 nitrogen and oxygen atoms in total. The predicted molar refractivity (Wildman–Crippen MR) is 127 cm³/mol. The van der Waals surface area contributed by atoms with Gasteiger partial charge in [-0.05, 0) is 55.8 Å². The Labute approximate surface area is 197 Å². The Hall–Kier alpha value is -2.91. The van der Waals surface area contributed by atoms with Crippen LogP contribution in [0.4, 0.5) is 4.39 Å². The fraction of sp³-hybridized carbons (Fsp3) is 0.375. The molecule has 1 aromatic heterocycles. The zero-order valence-corrected chi connectivity index (χ0v) is 19.4. The van der Waals surface area contributed by atoms with Crippen LogP contribution >= 0.6 is 11.8 Å². The molecule has 0 bridgehead atoms. The molecule has 3 aromatic rings. The van der Waals surface area contributed by atoms with Gasteiger partial charge in [0.15, 0.2) is 5.82 Å². The van der Waals surface area contributed by atoms with Gasteiger partial charge in [0.1, 0.15) is 11.6 Å². The number of nitrogens with one attached hydrogen (secondary N) is 2. The van der Waals surface area contributed by atoms with Gasteiger partial charge in [0.2, 0.25) is 11.1 Å². The normalized spacial score (nSPS) is 15.2. The van der Waals surface area contributed by atoms with Crippen molar-refractivity contribution in [2.24, 2.45) is 0 Å². The predicted octanol–water partition coefficient (Wildman–Crippen LogP) is 4.05. The number of piperidine rings is 1. The third-order valence-corrected chi connectivity index (χ3v) is 6.60. The molecule has 2 heterocycles. The van der Waals surface area contributed by atoms with Crippen molar-refractivity contribution in [2.45, 2.75) is 30.5 Å². The number of H-pyrrole nitrogens is 1. The topological polar surface area (TPSA) is 83.1 Å². The van der Waals surface area contributed by atoms with Gasteiger partial charge in [-0.15, -0.1) is 5.10 Å². The summed E-state index contributed by atoms with van der Waals surface area (Å²) in [4.78, 5) is 19.3. The maximum atomic E-state index is 13.9. The van der Waals surface area contributed by atoms with Crippen LogP contribution in [0.5, 0.6) is 5.75 Å². The summed E-state index contributed by atoms with van der Waals surface area (Å²) < 4.78 is 19.2. The minimum Gasteiger partial charge on any atom is -0.497 e. The van der Waals surface area contributed by atoms with Crippen LogP contribution in [0.2, 0.25) is 0 Å². The summed E-state index contributed by atoms with van der Waals surface area (Å²) in [5.41, 5.74) is 1.51. The molecule has 2 N–H and O–H groups in total. The fourth-order valence-corrected chi connectivity index (χ4v) is 4.62. The van der Waals surface area contributed by atoms with E-state index >= 15 is 0 Å². The van der Waals surface area contributed by atoms with Crippen molar-refractivity contribution in [1.82, 2.24) is 25.4 Å². The molecule has 1 aliphatic heterocycles. The highest BCUT2D eigenvalue weighted by Crippen LogP contribution is 2.26. The lowest BCUT2D eigenvalue weighted by Gasteiger charge is -2.35. The number of likely N-dealkylation sites (tertiary alicyclic amines) is 1. The Kier molecular flexibility index (Phi) is 7.96. The number of aromatic amines is 1. The molecule has 0 radical (unpaired) electrons. The van der Waals surface area contributed by atoms with Gasteiger partial charge >= 0.3 is 0 Å². The number of halogens is 1. The molecule has 33 heavy (non-hydrogen) atoms. The number of hydrogen-bond donors (Lipinski definition) is 2. The second kappa shape index (κ2) is 11.3. The number of benzene rings is 2. The highest BCUT2D eigenvalue weighted by molar-refractivity contribution is 7.99. The van der Waals surface area contributed by atoms with Crippen molar-refractivity contribution in [3.8, 4) is 17.1 Å². The summed E-state index contributed by atoms with van der Waals surface area (Å²) in [7, 11) is 1.66. The van der Waals surface area contributed by atoms with Crippen molar-refractivity contribution in [2.75, 3.05) is 32.5 Å². The van der Waals surface area contributed by atoms with Crippen LogP contribution in [-0.4, -0.2) is 58.5 Å². The molecule has 4 rings (SSSR count). The molecule has 0 aliphatic carbocycles. The second-order valence-electron chi connectivity index (χ2n) is 7.92. The highest BCUT2D eigenvalue weighted by Gasteiger charge is 2.23. The molecule has 1 atom stereocenters. The number of thioether (sulfide) groups is 1. The zero-order valence-electron chi connectivity index (χ0n) is 18.6. The molecule has 9 heteroatoms. The molecule has 2 aromatic carbocycles. The molecular formula is C24H28FN5O2S. The van der Waals surface area contributed by atoms with E-state index in [4.69, 9.17) is 4.74 Å². The van der Waals surface area contributed by atoms with E-state index in [1.165, 1.54) is 37.1 Å². The van der Waals surface area contributed by atoms with Gasteiger partial charge in [0.25, 0.3) is 0 Å². The first-order chi connectivity index (χ1) is 16.1. The third-order valence-electron chi connectivity index (χ3n) is 5.75. The van der Waals surface area contributed by atoms with Crippen molar-refractivity contribution < 1.29 is 13.9 Å². The van der Waals surface area contributed by atoms with Gasteiger partial charge in [-0.1, -0.05) is 42.4 Å². The van der Waals surface area contributed by atoms with E-state index in [0.717, 1.165) is 24.4 Å². The summed E-state index contributed by atoms with van der Waals surface area (Å²) in [5.74, 6) is 0.890. The number of methoxy groups -OCH3 is 1. The highest BCUT2D eigenvalue weighted by atomic mass is 32.2. The molecule has 174 valence electrons. The lowest BCUT2D eigenvalue weighted by Crippen LogP contribution is -2.41. The number of ether oxygens (including phenoxy) is 1. The van der Waals surface area contributed by atoms with Gasteiger partial charge < -0.3 is 10.1 Å². The van der Waals surface area contributed by atoms with Crippen molar-refractivity contribution >= 4 is 17.7 Å². The van der Waals surface area contributed by atoms with Gasteiger partial charge in [0.05, 0.1) is 24.5 Å². The van der Waals surface area contributed by atoms with Crippen LogP contribution in [0.15, 0.2) is 53.7 Å². The Bertz CT molecular complexity index is 1050. The quantitative estimate of drug-likeness (QED) is 0.460. The van der Waals surface area contributed by atoms with E-state index in [0.29, 0.717) is 23.1 Å². The number of rotatable bonds is 9. The molecule has 0 saturated carbocycles. The number of nitrogens with zero attached hydrogens (tertiary/aromatic N) is 3. The van der Waals surface area contributed by atoms with E-state index in [1.54, 1.807) is 25.3 Å². The Balaban J connectivity index is 1.34. The number of carbonyl (C=O) groups is 1. The number of hydrogen-bond acceptors (Lipinski definition) is 6. The molecular weight excluding hydrogens is 441 g/mol. The molecule has 1 unspecified atom stereocenters. The van der Waals surface area contributed by atoms with Crippen LogP contribution in [0.1, 0.15) is 30.9 Å². The van der Waals surface area contributed by atoms with Gasteiger partial charge in [0, 0.05) is 6.54 Å². The van der Waals surface area contributed by atoms with Gasteiger partial charge in [-0.25, -0.2) is 9.37 Å². The van der Waals surface area contributed by atoms with Crippen molar-refractivity contribution in [3.63, 3.8) is 0 Å². The maximum absolute atomic E-state index is 13.9. The monoisotopic (exact) mass is 469 g/mol. The lowest BCUT2D eigenvalue weighted by atomic mass is 10.0. The van der Waals surface area contributed by atoms with E-state index in [9.17, 15) is 9.18 Å². The van der Waals surface area contributed by atoms with Gasteiger partial charge in [-0.2, -0.15) is 0 Å². The minimum atomic E-state index is -0.370. The van der Waals surface area contributed by atoms with E-state index in [1.807, 2.05) is 12.1 Å². The average molecular weight is 470 g/mol. The van der Waals surface area contributed by atoms with Crippen LogP contribution in [0, 0.1) is 5.82 Å². The van der Waals surface area contributed by atoms with Gasteiger partial charge in [-0.3, -0.25) is 14.8 Å². The first-order valence-electron chi connectivity index (χ1n) is 11.1. The Morgan fingerprint density at radius 2 is 1.94 bits per heavy atom. The minimum absolute atomic E-state index is 0.0900. The molecule has 1 fully saturated rings. The number of amides is 1. The van der Waals surface area contributed by atoms with E-state index in [2.05, 4.69) is 37.5 Å². The van der Waals surface area contributed by atoms with Crippen LogP contribution in [0.25, 0.3) is 11.4 Å². The summed E-state index contributed by atoms with van der Waals surface area (Å²) >= 11 is 1.22. The zero-order chi connectivity index (χ0) is 23.0. The number of aromatic nitrogens is 3. The average Bonchev–Trinajstić information content (AvgIpc) is 3.33. The SMILES string of the molecule is COc1ccc(C(CNC(=O)CSc2n[nH]c(-c3ccccc3F)n2)N2CCCCC2)cc1. The van der Waals surface area contributed by atoms with E-state index in [-0.39, 0.29) is 23.5 Å². The molecule has 1 saturated heterocycles. The summed E-state index contributed by atoms with van der Waals surface area (Å²) in [6, 6.07) is 14.5. The lowest BCUT2D eigenvalue weighted by molar-refractivity contribution is -0.118. The molecule has 1 aliphatic rings. The fourth-order valence-electron chi connectivity index (χ4n) is 3.99. The largest absolute Gasteiger partial charge is 0.497 e. The third kappa shape index (κ3) is 6.11. The number of carbonyl (C=O) groups excluding carboxylic acids is 1. The van der Waals surface area contributed by atoms with Crippen LogP contribution in [0.3, 0.4) is 0 Å². The Morgan fingerprint density at radius 1 is 1.18 bits per heavy atom. The summed E-state index contributed by atoms with van der Waals surface area (Å²) in [6.07, 6.45) is 3.59. The van der Waals surface area contributed by atoms with Crippen LogP contribution < -0.4 is 10.1 Å². The summed E-state index contributed by atoms with van der Waals surface area (Å²) in [6.45, 7) is 2.58. The van der Waals surface area contributed by atoms with E-state index < -0.39 is 0 Å².